The minimum absolute atomic E-state index is 0.190. The number of aromatic nitrogens is 2. The highest BCUT2D eigenvalue weighted by molar-refractivity contribution is 6.09. The van der Waals surface area contributed by atoms with Crippen LogP contribution in [-0.4, -0.2) is 21.5 Å². The van der Waals surface area contributed by atoms with Crippen LogP contribution < -0.4 is 5.32 Å². The Morgan fingerprint density at radius 3 is 2.68 bits per heavy atom. The van der Waals surface area contributed by atoms with Gasteiger partial charge in [0.25, 0.3) is 5.91 Å². The molecule has 1 heterocycles. The van der Waals surface area contributed by atoms with E-state index in [4.69, 9.17) is 0 Å². The first-order valence-electron chi connectivity index (χ1n) is 8.61. The number of nitrogens with zero attached hydrogens (tertiary/aromatic N) is 2. The van der Waals surface area contributed by atoms with Crippen LogP contribution in [0.5, 0.6) is 0 Å². The molecule has 1 aromatic carbocycles. The summed E-state index contributed by atoms with van der Waals surface area (Å²) in [6.45, 7) is 5.54. The van der Waals surface area contributed by atoms with Gasteiger partial charge in [-0.15, -0.1) is 0 Å². The van der Waals surface area contributed by atoms with Crippen LogP contribution in [0.1, 0.15) is 78.4 Å². The molecule has 0 unspecified atom stereocenters. The fourth-order valence-electron chi connectivity index (χ4n) is 2.95. The SMILES string of the molecule is CC[C@H](C)n1ncc(C(=O)Nc2cc(F)ccc2C(C)=O)c1C1CC1. The van der Waals surface area contributed by atoms with E-state index in [-0.39, 0.29) is 29.0 Å². The number of rotatable bonds is 6. The zero-order chi connectivity index (χ0) is 18.1. The van der Waals surface area contributed by atoms with Crippen molar-refractivity contribution in [2.45, 2.75) is 52.0 Å². The molecule has 2 aromatic rings. The molecule has 6 heteroatoms. The predicted molar refractivity (Wildman–Crippen MR) is 93.6 cm³/mol. The second kappa shape index (κ2) is 6.78. The van der Waals surface area contributed by atoms with E-state index in [2.05, 4.69) is 24.3 Å². The van der Waals surface area contributed by atoms with Crippen molar-refractivity contribution in [3.8, 4) is 0 Å². The number of nitrogens with one attached hydrogen (secondary N) is 1. The molecule has 1 atom stereocenters. The smallest absolute Gasteiger partial charge is 0.259 e. The third kappa shape index (κ3) is 3.48. The third-order valence-corrected chi connectivity index (χ3v) is 4.66. The predicted octanol–water partition coefficient (Wildman–Crippen LogP) is 4.33. The van der Waals surface area contributed by atoms with E-state index in [1.807, 2.05) is 4.68 Å². The van der Waals surface area contributed by atoms with Gasteiger partial charge in [-0.3, -0.25) is 14.3 Å². The first-order valence-corrected chi connectivity index (χ1v) is 8.61. The van der Waals surface area contributed by atoms with E-state index in [9.17, 15) is 14.0 Å². The topological polar surface area (TPSA) is 64.0 Å². The maximum Gasteiger partial charge on any atom is 0.259 e. The first-order chi connectivity index (χ1) is 11.9. The molecule has 0 spiro atoms. The summed E-state index contributed by atoms with van der Waals surface area (Å²) >= 11 is 0. The second-order valence-electron chi connectivity index (χ2n) is 6.62. The van der Waals surface area contributed by atoms with Crippen LogP contribution >= 0.6 is 0 Å². The van der Waals surface area contributed by atoms with Crippen molar-refractivity contribution in [1.29, 1.82) is 0 Å². The lowest BCUT2D eigenvalue weighted by Crippen LogP contribution is -2.17. The second-order valence-corrected chi connectivity index (χ2v) is 6.62. The Hall–Kier alpha value is -2.50. The molecule has 1 fully saturated rings. The van der Waals surface area contributed by atoms with E-state index in [0.717, 1.165) is 25.0 Å². The summed E-state index contributed by atoms with van der Waals surface area (Å²) < 4.78 is 15.5. The van der Waals surface area contributed by atoms with Crippen LogP contribution in [0.2, 0.25) is 0 Å². The van der Waals surface area contributed by atoms with Crippen LogP contribution in [-0.2, 0) is 0 Å². The van der Waals surface area contributed by atoms with Gasteiger partial charge in [0, 0.05) is 17.5 Å². The fraction of sp³-hybridized carbons (Fsp3) is 0.421. The highest BCUT2D eigenvalue weighted by atomic mass is 19.1. The lowest BCUT2D eigenvalue weighted by molar-refractivity contribution is 0.101. The Balaban J connectivity index is 1.94. The van der Waals surface area contributed by atoms with Crippen LogP contribution in [0.15, 0.2) is 24.4 Å². The van der Waals surface area contributed by atoms with Crippen molar-refractivity contribution < 1.29 is 14.0 Å². The Labute approximate surface area is 146 Å². The number of Topliss-reactive ketones (excluding diaryl/α,β-unsaturated/α-hetero) is 1. The van der Waals surface area contributed by atoms with E-state index in [0.29, 0.717) is 11.5 Å². The van der Waals surface area contributed by atoms with Crippen LogP contribution in [0.4, 0.5) is 10.1 Å². The minimum Gasteiger partial charge on any atom is -0.321 e. The molecule has 0 bridgehead atoms. The summed E-state index contributed by atoms with van der Waals surface area (Å²) in [4.78, 5) is 24.5. The fourth-order valence-corrected chi connectivity index (χ4v) is 2.95. The van der Waals surface area contributed by atoms with Gasteiger partial charge < -0.3 is 5.32 Å². The molecule has 1 amide bonds. The monoisotopic (exact) mass is 343 g/mol. The van der Waals surface area contributed by atoms with Crippen molar-refractivity contribution in [3.05, 3.63) is 47.0 Å². The Morgan fingerprint density at radius 2 is 2.08 bits per heavy atom. The van der Waals surface area contributed by atoms with E-state index in [1.165, 1.54) is 25.1 Å². The van der Waals surface area contributed by atoms with E-state index in [1.54, 1.807) is 6.20 Å². The number of amides is 1. The molecular formula is C19H22FN3O2. The molecule has 25 heavy (non-hydrogen) atoms. The molecule has 0 aliphatic heterocycles. The van der Waals surface area contributed by atoms with Gasteiger partial charge in [0.2, 0.25) is 0 Å². The van der Waals surface area contributed by atoms with Gasteiger partial charge in [-0.2, -0.15) is 5.10 Å². The summed E-state index contributed by atoms with van der Waals surface area (Å²) in [5.41, 5.74) is 1.92. The highest BCUT2D eigenvalue weighted by Crippen LogP contribution is 2.42. The molecule has 5 nitrogen and oxygen atoms in total. The van der Waals surface area contributed by atoms with Crippen molar-refractivity contribution in [2.24, 2.45) is 0 Å². The quantitative estimate of drug-likeness (QED) is 0.794. The summed E-state index contributed by atoms with van der Waals surface area (Å²) in [5.74, 6) is -0.743. The number of hydrogen-bond donors (Lipinski definition) is 1. The number of benzene rings is 1. The van der Waals surface area contributed by atoms with Gasteiger partial charge >= 0.3 is 0 Å². The zero-order valence-corrected chi connectivity index (χ0v) is 14.7. The lowest BCUT2D eigenvalue weighted by Gasteiger charge is -2.15. The maximum absolute atomic E-state index is 13.6. The molecule has 0 saturated heterocycles. The van der Waals surface area contributed by atoms with Gasteiger partial charge in [0.1, 0.15) is 5.82 Å². The molecule has 132 valence electrons. The van der Waals surface area contributed by atoms with Gasteiger partial charge in [-0.25, -0.2) is 4.39 Å². The summed E-state index contributed by atoms with van der Waals surface area (Å²) in [6.07, 6.45) is 4.57. The minimum atomic E-state index is -0.502. The van der Waals surface area contributed by atoms with E-state index < -0.39 is 5.82 Å². The van der Waals surface area contributed by atoms with Gasteiger partial charge in [0.05, 0.1) is 23.1 Å². The van der Waals surface area contributed by atoms with Crippen molar-refractivity contribution >= 4 is 17.4 Å². The molecular weight excluding hydrogens is 321 g/mol. The normalized spacial score (nSPS) is 15.0. The van der Waals surface area contributed by atoms with E-state index >= 15 is 0 Å². The number of carbonyl (C=O) groups is 2. The number of halogens is 1. The van der Waals surface area contributed by atoms with Gasteiger partial charge in [-0.1, -0.05) is 6.92 Å². The van der Waals surface area contributed by atoms with Crippen molar-refractivity contribution in [3.63, 3.8) is 0 Å². The molecule has 1 aromatic heterocycles. The average Bonchev–Trinajstić information content (AvgIpc) is 3.31. The summed E-state index contributed by atoms with van der Waals surface area (Å²) in [5, 5.41) is 7.09. The van der Waals surface area contributed by atoms with Crippen LogP contribution in [0.3, 0.4) is 0 Å². The first kappa shape index (κ1) is 17.3. The number of ketones is 1. The van der Waals surface area contributed by atoms with Gasteiger partial charge in [-0.05, 0) is 51.3 Å². The van der Waals surface area contributed by atoms with Crippen LogP contribution in [0.25, 0.3) is 0 Å². The Kier molecular flexibility index (Phi) is 4.70. The maximum atomic E-state index is 13.6. The zero-order valence-electron chi connectivity index (χ0n) is 14.7. The molecule has 3 rings (SSSR count). The van der Waals surface area contributed by atoms with Crippen molar-refractivity contribution in [2.75, 3.05) is 5.32 Å². The van der Waals surface area contributed by atoms with Crippen LogP contribution in [0, 0.1) is 5.82 Å². The Bertz CT molecular complexity index is 824. The van der Waals surface area contributed by atoms with Gasteiger partial charge in [0.15, 0.2) is 5.78 Å². The molecule has 1 N–H and O–H groups in total. The lowest BCUT2D eigenvalue weighted by atomic mass is 10.1. The number of anilines is 1. The number of hydrogen-bond acceptors (Lipinski definition) is 3. The highest BCUT2D eigenvalue weighted by Gasteiger charge is 2.33. The third-order valence-electron chi connectivity index (χ3n) is 4.66. The summed E-state index contributed by atoms with van der Waals surface area (Å²) in [7, 11) is 0. The molecule has 0 radical (unpaired) electrons. The van der Waals surface area contributed by atoms with Crippen molar-refractivity contribution in [1.82, 2.24) is 9.78 Å². The molecule has 1 aliphatic rings. The molecule has 1 saturated carbocycles. The summed E-state index contributed by atoms with van der Waals surface area (Å²) in [6, 6.07) is 3.98. The average molecular weight is 343 g/mol. The largest absolute Gasteiger partial charge is 0.321 e. The standard InChI is InChI=1S/C19H22FN3O2/c1-4-11(2)23-18(13-5-6-13)16(10-21-23)19(25)22-17-9-14(20)7-8-15(17)12(3)24/h7-11,13H,4-6H2,1-3H3,(H,22,25)/t11-/m0/s1. The molecule has 1 aliphatic carbocycles. The Morgan fingerprint density at radius 1 is 1.36 bits per heavy atom. The number of carbonyl (C=O) groups excluding carboxylic acids is 2.